The fourth-order valence-electron chi connectivity index (χ4n) is 3.09. The van der Waals surface area contributed by atoms with Gasteiger partial charge >= 0.3 is 5.97 Å². The lowest BCUT2D eigenvalue weighted by atomic mass is 10.0. The number of benzene rings is 3. The van der Waals surface area contributed by atoms with E-state index in [1.165, 1.54) is 25.3 Å². The summed E-state index contributed by atoms with van der Waals surface area (Å²) in [6.45, 7) is 0. The number of hydrogen-bond acceptors (Lipinski definition) is 4. The molecule has 0 saturated heterocycles. The van der Waals surface area contributed by atoms with Crippen LogP contribution in [0.1, 0.15) is 21.5 Å². The van der Waals surface area contributed by atoms with E-state index in [1.807, 2.05) is 24.3 Å². The minimum absolute atomic E-state index is 0.152. The molecule has 0 aromatic heterocycles. The van der Waals surface area contributed by atoms with Crippen LogP contribution in [0.25, 0.3) is 11.6 Å². The summed E-state index contributed by atoms with van der Waals surface area (Å²) in [5.41, 5.74) is 2.62. The van der Waals surface area contributed by atoms with Gasteiger partial charge in [0.15, 0.2) is 11.5 Å². The number of ether oxygens (including phenoxy) is 2. The maximum atomic E-state index is 13.8. The van der Waals surface area contributed by atoms with Crippen molar-refractivity contribution in [2.24, 2.45) is 0 Å². The van der Waals surface area contributed by atoms with Crippen LogP contribution in [0.5, 0.6) is 11.5 Å². The lowest BCUT2D eigenvalue weighted by Crippen LogP contribution is -2.11. The molecule has 0 radical (unpaired) electrons. The number of carbonyl (C=O) groups excluding carboxylic acids is 2. The third kappa shape index (κ3) is 3.60. The first-order chi connectivity index (χ1) is 14.1. The quantitative estimate of drug-likeness (QED) is 0.404. The Morgan fingerprint density at radius 1 is 1.00 bits per heavy atom. The summed E-state index contributed by atoms with van der Waals surface area (Å²) in [5, 5.41) is 2.81. The third-order valence-electron chi connectivity index (χ3n) is 4.51. The molecule has 0 atom stereocenters. The fourth-order valence-corrected chi connectivity index (χ4v) is 3.09. The van der Waals surface area contributed by atoms with E-state index in [4.69, 9.17) is 9.47 Å². The van der Waals surface area contributed by atoms with Crippen LogP contribution in [-0.4, -0.2) is 19.0 Å². The average molecular weight is 389 g/mol. The highest BCUT2D eigenvalue weighted by Gasteiger charge is 2.23. The second-order valence-electron chi connectivity index (χ2n) is 6.34. The van der Waals surface area contributed by atoms with Gasteiger partial charge in [-0.25, -0.2) is 9.18 Å². The summed E-state index contributed by atoms with van der Waals surface area (Å²) < 4.78 is 24.4. The molecule has 1 amide bonds. The minimum atomic E-state index is -0.823. The number of carbonyl (C=O) groups is 2. The van der Waals surface area contributed by atoms with Gasteiger partial charge in [-0.1, -0.05) is 36.4 Å². The number of hydrogen-bond donors (Lipinski definition) is 1. The molecular formula is C23H16FNO4. The Balaban J connectivity index is 1.63. The number of esters is 1. The van der Waals surface area contributed by atoms with Gasteiger partial charge in [0.2, 0.25) is 0 Å². The van der Waals surface area contributed by atoms with Crippen LogP contribution >= 0.6 is 0 Å². The topological polar surface area (TPSA) is 64.6 Å². The number of fused-ring (bicyclic) bond motifs is 1. The first kappa shape index (κ1) is 18.4. The van der Waals surface area contributed by atoms with Crippen LogP contribution in [0.3, 0.4) is 0 Å². The average Bonchev–Trinajstić information content (AvgIpc) is 3.04. The van der Waals surface area contributed by atoms with Gasteiger partial charge in [-0.15, -0.1) is 0 Å². The van der Waals surface area contributed by atoms with E-state index >= 15 is 0 Å². The molecule has 0 spiro atoms. The van der Waals surface area contributed by atoms with Gasteiger partial charge < -0.3 is 14.8 Å². The first-order valence-electron chi connectivity index (χ1n) is 8.84. The molecule has 0 bridgehead atoms. The monoisotopic (exact) mass is 389 g/mol. The minimum Gasteiger partial charge on any atom is -0.493 e. The summed E-state index contributed by atoms with van der Waals surface area (Å²) in [6.07, 6.45) is 1.73. The van der Waals surface area contributed by atoms with E-state index in [-0.39, 0.29) is 23.0 Å². The van der Waals surface area contributed by atoms with Crippen LogP contribution in [0.4, 0.5) is 10.1 Å². The van der Waals surface area contributed by atoms with E-state index < -0.39 is 11.8 Å². The molecule has 3 aromatic rings. The molecule has 1 N–H and O–H groups in total. The number of rotatable bonds is 4. The maximum absolute atomic E-state index is 13.8. The van der Waals surface area contributed by atoms with Gasteiger partial charge in [0.1, 0.15) is 5.82 Å². The zero-order chi connectivity index (χ0) is 20.4. The number of halogens is 1. The summed E-state index contributed by atoms with van der Waals surface area (Å²) in [5.74, 6) is -1.24. The molecule has 1 aliphatic rings. The van der Waals surface area contributed by atoms with Crippen LogP contribution in [0.2, 0.25) is 0 Å². The van der Waals surface area contributed by atoms with Gasteiger partial charge in [-0.05, 0) is 42.0 Å². The van der Waals surface area contributed by atoms with Crippen molar-refractivity contribution in [3.05, 3.63) is 89.2 Å². The molecule has 1 heterocycles. The summed E-state index contributed by atoms with van der Waals surface area (Å²) in [4.78, 5) is 24.5. The SMILES string of the molecule is COc1cc(/C=C2/C(=O)Nc3ccccc32)ccc1OC(=O)c1ccccc1F. The van der Waals surface area contributed by atoms with Crippen molar-refractivity contribution in [1.29, 1.82) is 0 Å². The Morgan fingerprint density at radius 2 is 1.76 bits per heavy atom. The van der Waals surface area contributed by atoms with Gasteiger partial charge in [0, 0.05) is 16.8 Å². The highest BCUT2D eigenvalue weighted by molar-refractivity contribution is 6.34. The van der Waals surface area contributed by atoms with Crippen molar-refractivity contribution in [2.45, 2.75) is 0 Å². The van der Waals surface area contributed by atoms with Crippen molar-refractivity contribution in [2.75, 3.05) is 12.4 Å². The van der Waals surface area contributed by atoms with Crippen LogP contribution in [0.15, 0.2) is 66.7 Å². The molecule has 0 aliphatic carbocycles. The lowest BCUT2D eigenvalue weighted by molar-refractivity contribution is -0.110. The summed E-state index contributed by atoms with van der Waals surface area (Å²) in [7, 11) is 1.43. The predicted octanol–water partition coefficient (Wildman–Crippen LogP) is 4.55. The van der Waals surface area contributed by atoms with E-state index in [1.54, 1.807) is 30.3 Å². The van der Waals surface area contributed by atoms with Crippen molar-refractivity contribution in [3.63, 3.8) is 0 Å². The molecule has 6 heteroatoms. The molecule has 4 rings (SSSR count). The summed E-state index contributed by atoms with van der Waals surface area (Å²) in [6, 6.07) is 17.9. The molecule has 144 valence electrons. The molecular weight excluding hydrogens is 373 g/mol. The highest BCUT2D eigenvalue weighted by Crippen LogP contribution is 2.35. The maximum Gasteiger partial charge on any atom is 0.346 e. The Morgan fingerprint density at radius 3 is 2.55 bits per heavy atom. The Kier molecular flexibility index (Phi) is 4.83. The van der Waals surface area contributed by atoms with E-state index in [0.29, 0.717) is 11.1 Å². The molecule has 29 heavy (non-hydrogen) atoms. The van der Waals surface area contributed by atoms with Crippen LogP contribution in [0, 0.1) is 5.82 Å². The van der Waals surface area contributed by atoms with E-state index in [9.17, 15) is 14.0 Å². The second-order valence-corrected chi connectivity index (χ2v) is 6.34. The molecule has 1 aliphatic heterocycles. The number of methoxy groups -OCH3 is 1. The van der Waals surface area contributed by atoms with E-state index in [2.05, 4.69) is 5.32 Å². The Hall–Kier alpha value is -3.93. The Bertz CT molecular complexity index is 1150. The van der Waals surface area contributed by atoms with Crippen LogP contribution < -0.4 is 14.8 Å². The molecule has 3 aromatic carbocycles. The van der Waals surface area contributed by atoms with Gasteiger partial charge in [0.25, 0.3) is 5.91 Å². The first-order valence-corrected chi connectivity index (χ1v) is 8.84. The zero-order valence-corrected chi connectivity index (χ0v) is 15.4. The second kappa shape index (κ2) is 7.59. The fraction of sp³-hybridized carbons (Fsp3) is 0.0435. The molecule has 5 nitrogen and oxygen atoms in total. The Labute approximate surface area is 166 Å². The number of nitrogens with one attached hydrogen (secondary N) is 1. The molecule has 0 fully saturated rings. The zero-order valence-electron chi connectivity index (χ0n) is 15.4. The van der Waals surface area contributed by atoms with Crippen molar-refractivity contribution in [1.82, 2.24) is 0 Å². The smallest absolute Gasteiger partial charge is 0.346 e. The highest BCUT2D eigenvalue weighted by atomic mass is 19.1. The van der Waals surface area contributed by atoms with Crippen LogP contribution in [-0.2, 0) is 4.79 Å². The van der Waals surface area contributed by atoms with Crippen molar-refractivity contribution < 1.29 is 23.5 Å². The normalized spacial score (nSPS) is 13.7. The van der Waals surface area contributed by atoms with Crippen molar-refractivity contribution in [3.8, 4) is 11.5 Å². The van der Waals surface area contributed by atoms with Crippen molar-refractivity contribution >= 4 is 29.2 Å². The summed E-state index contributed by atoms with van der Waals surface area (Å²) >= 11 is 0. The predicted molar refractivity (Wildman–Crippen MR) is 107 cm³/mol. The standard InChI is InChI=1S/C23H16FNO4/c1-28-21-13-14(12-17-15-6-3-5-9-19(15)25-22(17)26)10-11-20(21)29-23(27)16-7-2-4-8-18(16)24/h2-13H,1H3,(H,25,26)/b17-12+. The lowest BCUT2D eigenvalue weighted by Gasteiger charge is -2.10. The largest absolute Gasteiger partial charge is 0.493 e. The van der Waals surface area contributed by atoms with Gasteiger partial charge in [-0.3, -0.25) is 4.79 Å². The molecule has 0 saturated carbocycles. The van der Waals surface area contributed by atoms with Gasteiger partial charge in [-0.2, -0.15) is 0 Å². The molecule has 0 unspecified atom stereocenters. The number of amides is 1. The van der Waals surface area contributed by atoms with Gasteiger partial charge in [0.05, 0.1) is 12.7 Å². The number of anilines is 1. The van der Waals surface area contributed by atoms with E-state index in [0.717, 1.165) is 11.3 Å². The number of para-hydroxylation sites is 1. The third-order valence-corrected chi connectivity index (χ3v) is 4.51.